The SMILES string of the molecule is CC(C)(C)OC(=O)CCCN.CC(C)(C)OC(=O)CCCNC(=O)c1ccc(F)c([N+](=O)[O-])c1.CC(C)(C)OC(=O)NCCCC[C@H](NC(=O)CCN=[N+]=[N-])C(=O)CCCNC(=O)c1ccc(F)c([N+](=O)[O-])c1.NCCNC(=O)c1ccc(F)c([N+](=O)[O-])c1.O=C(O)c1ccc(F)c([N+](=O)[O-])c1. The van der Waals surface area contributed by atoms with Gasteiger partial charge in [0.15, 0.2) is 5.78 Å². The predicted octanol–water partition coefficient (Wildman–Crippen LogP) is 9.20. The molecule has 0 spiro atoms. The number of carbonyl (C=O) groups is 9. The number of nitrogens with two attached hydrogens (primary N) is 2. The first-order chi connectivity index (χ1) is 47.5. The third-order valence-electron chi connectivity index (χ3n) is 12.0. The van der Waals surface area contributed by atoms with Crippen LogP contribution in [0.4, 0.5) is 45.1 Å². The zero-order valence-corrected chi connectivity index (χ0v) is 57.4. The van der Waals surface area contributed by atoms with Crippen LogP contribution in [0, 0.1) is 63.7 Å². The second-order valence-corrected chi connectivity index (χ2v) is 24.0. The number of halogens is 4. The lowest BCUT2D eigenvalue weighted by atomic mass is 10.0. The van der Waals surface area contributed by atoms with Crippen molar-refractivity contribution in [2.24, 2.45) is 16.6 Å². The molecular formula is C63H84F4N14O21. The van der Waals surface area contributed by atoms with Crippen LogP contribution in [0.2, 0.25) is 0 Å². The summed E-state index contributed by atoms with van der Waals surface area (Å²) in [6.45, 7) is 17.6. The first-order valence-corrected chi connectivity index (χ1v) is 30.9. The third-order valence-corrected chi connectivity index (χ3v) is 12.0. The average molecular weight is 1450 g/mol. The molecule has 0 heterocycles. The molecule has 0 aliphatic heterocycles. The number of amides is 5. The lowest BCUT2D eigenvalue weighted by Crippen LogP contribution is -2.41. The van der Waals surface area contributed by atoms with Crippen molar-refractivity contribution in [1.82, 2.24) is 26.6 Å². The molecular weight excluding hydrogens is 1360 g/mol. The number of carboxylic acid groups (broad SMARTS) is 1. The molecule has 0 saturated carbocycles. The summed E-state index contributed by atoms with van der Waals surface area (Å²) < 4.78 is 67.6. The molecule has 0 aliphatic rings. The van der Waals surface area contributed by atoms with Gasteiger partial charge < -0.3 is 57.4 Å². The van der Waals surface area contributed by atoms with E-state index in [4.69, 9.17) is 36.3 Å². The summed E-state index contributed by atoms with van der Waals surface area (Å²) in [5.41, 5.74) is 13.7. The smallest absolute Gasteiger partial charge is 0.407 e. The number of alkyl carbamates (subject to hydrolysis) is 1. The van der Waals surface area contributed by atoms with Gasteiger partial charge in [-0.3, -0.25) is 74.0 Å². The summed E-state index contributed by atoms with van der Waals surface area (Å²) in [6, 6.07) is 10.2. The number of Topliss-reactive ketones (excluding diaryl/α,β-unsaturated/α-hetero) is 1. The summed E-state index contributed by atoms with van der Waals surface area (Å²) >= 11 is 0. The monoisotopic (exact) mass is 1450 g/mol. The summed E-state index contributed by atoms with van der Waals surface area (Å²) in [5.74, 6) is -8.44. The standard InChI is InChI=1S/C24H34FN7O7.C15H19FN2O5.C9H10FN3O3.C8H17NO2.C7H4FNO4/c1-24(2,3)39-23(36)28-12-5-4-7-18(30-21(34)11-14-29-31-26)20(33)8-6-13-27-22(35)16-9-10-17(25)19(15-16)32(37)38;1-15(2,3)23-13(19)5-4-8-17-14(20)10-6-7-11(16)12(9-10)18(21)22;10-7-2-1-6(5-8(7)13(15)16)9(14)12-4-3-11;1-8(2,3)11-7(10)5-4-6-9;8-5-2-1-4(7(10)11)3-6(5)9(12)13/h9-10,15,18H,4-8,11-14H2,1-3H3,(H,27,35)(H,28,36)(H,30,34);6-7,9H,4-5,8H2,1-3H3,(H,17,20);1-2,5H,3-4,11H2,(H,12,14);4-6,9H2,1-3H3;1-3H,(H,10,11)/t18-;;;;/m0..../s1. The van der Waals surface area contributed by atoms with Crippen LogP contribution in [0.15, 0.2) is 77.9 Å². The van der Waals surface area contributed by atoms with Crippen molar-refractivity contribution in [3.8, 4) is 0 Å². The van der Waals surface area contributed by atoms with Crippen molar-refractivity contribution in [2.45, 2.75) is 149 Å². The van der Waals surface area contributed by atoms with Crippen LogP contribution >= 0.6 is 0 Å². The predicted molar refractivity (Wildman–Crippen MR) is 357 cm³/mol. The number of nitrogens with one attached hydrogen (secondary N) is 5. The van der Waals surface area contributed by atoms with E-state index in [-0.39, 0.29) is 104 Å². The molecule has 35 nitrogen and oxygen atoms in total. The van der Waals surface area contributed by atoms with E-state index >= 15 is 0 Å². The number of hydrogen-bond donors (Lipinski definition) is 8. The maximum atomic E-state index is 13.5. The molecule has 4 aromatic rings. The number of hydrogen-bond acceptors (Lipinski definition) is 23. The minimum atomic E-state index is -1.33. The fraction of sp³-hybridized carbons (Fsp3) is 0.476. The number of nitro groups is 4. The Balaban J connectivity index is 0.00000137. The molecule has 5 amide bonds. The maximum absolute atomic E-state index is 13.5. The van der Waals surface area contributed by atoms with Gasteiger partial charge in [-0.25, -0.2) is 9.59 Å². The fourth-order valence-corrected chi connectivity index (χ4v) is 7.52. The molecule has 39 heteroatoms. The van der Waals surface area contributed by atoms with Gasteiger partial charge in [-0.15, -0.1) is 0 Å². The van der Waals surface area contributed by atoms with E-state index in [1.807, 2.05) is 20.8 Å². The molecule has 0 unspecified atom stereocenters. The molecule has 102 heavy (non-hydrogen) atoms. The molecule has 0 radical (unpaired) electrons. The van der Waals surface area contributed by atoms with Crippen LogP contribution in [0.3, 0.4) is 0 Å². The topological polar surface area (TPSA) is 535 Å². The molecule has 1 atom stereocenters. The van der Waals surface area contributed by atoms with Gasteiger partial charge in [0.05, 0.1) is 31.3 Å². The van der Waals surface area contributed by atoms with Crippen molar-refractivity contribution in [2.75, 3.05) is 45.8 Å². The van der Waals surface area contributed by atoms with E-state index in [0.29, 0.717) is 57.7 Å². The normalized spacial score (nSPS) is 10.9. The Labute approximate surface area is 581 Å². The summed E-state index contributed by atoms with van der Waals surface area (Å²) in [6.07, 6.45) is 2.55. The van der Waals surface area contributed by atoms with Crippen LogP contribution in [-0.2, 0) is 33.4 Å². The number of ketones is 1. The second kappa shape index (κ2) is 46.1. The van der Waals surface area contributed by atoms with Crippen molar-refractivity contribution < 1.29 is 99.7 Å². The van der Waals surface area contributed by atoms with Crippen molar-refractivity contribution in [3.05, 3.63) is 169 Å². The zero-order valence-electron chi connectivity index (χ0n) is 57.4. The van der Waals surface area contributed by atoms with E-state index in [0.717, 1.165) is 60.7 Å². The van der Waals surface area contributed by atoms with Gasteiger partial charge >= 0.3 is 46.8 Å². The van der Waals surface area contributed by atoms with Gasteiger partial charge in [-0.05, 0) is 161 Å². The van der Waals surface area contributed by atoms with Crippen molar-refractivity contribution in [3.63, 3.8) is 0 Å². The Morgan fingerprint density at radius 3 is 1.21 bits per heavy atom. The largest absolute Gasteiger partial charge is 0.478 e. The molecule has 4 aromatic carbocycles. The average Bonchev–Trinajstić information content (AvgIpc) is 0.865. The lowest BCUT2D eigenvalue weighted by molar-refractivity contribution is -0.387. The quantitative estimate of drug-likeness (QED) is 0.00268. The highest BCUT2D eigenvalue weighted by atomic mass is 19.1. The van der Waals surface area contributed by atoms with Crippen LogP contribution in [0.5, 0.6) is 0 Å². The van der Waals surface area contributed by atoms with E-state index < -0.39 is 119 Å². The van der Waals surface area contributed by atoms with Gasteiger partial charge in [-0.2, -0.15) is 17.6 Å². The van der Waals surface area contributed by atoms with Crippen molar-refractivity contribution in [1.29, 1.82) is 0 Å². The minimum absolute atomic E-state index is 0.0152. The Morgan fingerprint density at radius 2 is 0.853 bits per heavy atom. The van der Waals surface area contributed by atoms with Gasteiger partial charge in [0.25, 0.3) is 17.7 Å². The highest BCUT2D eigenvalue weighted by Gasteiger charge is 2.25. The molecule has 560 valence electrons. The van der Waals surface area contributed by atoms with Gasteiger partial charge in [-0.1, -0.05) is 5.11 Å². The summed E-state index contributed by atoms with van der Waals surface area (Å²) in [4.78, 5) is 146. The maximum Gasteiger partial charge on any atom is 0.407 e. The Bertz CT molecular complexity index is 3620. The number of nitro benzene ring substituents is 4. The number of ether oxygens (including phenoxy) is 3. The van der Waals surface area contributed by atoms with Crippen LogP contribution in [0.25, 0.3) is 10.4 Å². The molecule has 0 saturated heterocycles. The first-order valence-electron chi connectivity index (χ1n) is 30.9. The fourth-order valence-electron chi connectivity index (χ4n) is 7.52. The van der Waals surface area contributed by atoms with Gasteiger partial charge in [0, 0.05) is 111 Å². The summed E-state index contributed by atoms with van der Waals surface area (Å²) in [5, 5.41) is 66.5. The zero-order chi connectivity index (χ0) is 78.1. The van der Waals surface area contributed by atoms with E-state index in [2.05, 4.69) is 36.6 Å². The number of carbonyl (C=O) groups excluding carboxylic acids is 8. The van der Waals surface area contributed by atoms with E-state index in [1.165, 1.54) is 6.07 Å². The molecule has 0 bridgehead atoms. The van der Waals surface area contributed by atoms with E-state index in [9.17, 15) is 101 Å². The molecule has 4 rings (SSSR count). The number of nitrogens with zero attached hydrogens (tertiary/aromatic N) is 7. The Hall–Kier alpha value is -11.3. The van der Waals surface area contributed by atoms with Crippen LogP contribution in [-0.4, -0.2) is 147 Å². The number of aromatic carboxylic acids is 1. The summed E-state index contributed by atoms with van der Waals surface area (Å²) in [7, 11) is 0. The van der Waals surface area contributed by atoms with Gasteiger partial charge in [0.2, 0.25) is 29.2 Å². The number of rotatable bonds is 31. The van der Waals surface area contributed by atoms with Crippen molar-refractivity contribution >= 4 is 76.2 Å². The van der Waals surface area contributed by atoms with Crippen LogP contribution in [0.1, 0.15) is 168 Å². The molecule has 0 aliphatic carbocycles. The number of carboxylic acids is 1. The molecule has 0 aromatic heterocycles. The lowest BCUT2D eigenvalue weighted by Gasteiger charge is -2.20. The highest BCUT2D eigenvalue weighted by molar-refractivity contribution is 5.96. The highest BCUT2D eigenvalue weighted by Crippen LogP contribution is 2.22. The van der Waals surface area contributed by atoms with Gasteiger partial charge in [0.1, 0.15) is 16.8 Å². The minimum Gasteiger partial charge on any atom is -0.478 e. The van der Waals surface area contributed by atoms with Crippen LogP contribution < -0.4 is 38.1 Å². The molecule has 10 N–H and O–H groups in total. The number of azide groups is 1. The van der Waals surface area contributed by atoms with E-state index in [1.54, 1.807) is 41.5 Å². The third kappa shape index (κ3) is 39.9. The first kappa shape index (κ1) is 90.7. The molecule has 0 fully saturated rings. The number of esters is 2. The number of unbranched alkanes of at least 4 members (excludes halogenated alkanes) is 1. The Kier molecular flexibility index (Phi) is 41.0. The second-order valence-electron chi connectivity index (χ2n) is 24.0. The number of benzene rings is 4. The Morgan fingerprint density at radius 1 is 0.500 bits per heavy atom.